The molecule has 0 saturated carbocycles. The average molecular weight is 315 g/mol. The van der Waals surface area contributed by atoms with Gasteiger partial charge in [-0.15, -0.1) is 11.3 Å². The number of carbonyl (C=O) groups is 1. The Morgan fingerprint density at radius 2 is 2.16 bits per heavy atom. The van der Waals surface area contributed by atoms with Crippen LogP contribution >= 0.6 is 34.5 Å². The summed E-state index contributed by atoms with van der Waals surface area (Å²) in [7, 11) is 0. The molecule has 0 bridgehead atoms. The van der Waals surface area contributed by atoms with Crippen molar-refractivity contribution in [3.63, 3.8) is 0 Å². The lowest BCUT2D eigenvalue weighted by Gasteiger charge is -2.05. The molecule has 0 saturated heterocycles. The Morgan fingerprint density at radius 3 is 2.79 bits per heavy atom. The molecule has 0 fully saturated rings. The number of hydrogen-bond donors (Lipinski definition) is 1. The molecule has 2 rings (SSSR count). The van der Waals surface area contributed by atoms with Gasteiger partial charge in [-0.25, -0.2) is 4.98 Å². The van der Waals surface area contributed by atoms with Crippen LogP contribution in [0.3, 0.4) is 0 Å². The van der Waals surface area contributed by atoms with Crippen LogP contribution in [-0.4, -0.2) is 10.9 Å². The monoisotopic (exact) mass is 314 g/mol. The molecule has 0 atom stereocenters. The number of carbonyl (C=O) groups excluding carboxylic acids is 1. The fraction of sp³-hybridized carbons (Fsp3) is 0.231. The quantitative estimate of drug-likeness (QED) is 0.868. The van der Waals surface area contributed by atoms with Gasteiger partial charge in [0.15, 0.2) is 0 Å². The third-order valence-electron chi connectivity index (χ3n) is 2.52. The second-order valence-electron chi connectivity index (χ2n) is 3.91. The summed E-state index contributed by atoms with van der Waals surface area (Å²) in [5.74, 6) is -0.163. The Balaban J connectivity index is 2.05. The molecular formula is C13H12Cl2N2OS. The fourth-order valence-corrected chi connectivity index (χ4v) is 2.83. The minimum Gasteiger partial charge on any atom is -0.347 e. The average Bonchev–Trinajstić information content (AvgIpc) is 2.81. The highest BCUT2D eigenvalue weighted by molar-refractivity contribution is 7.16. The second kappa shape index (κ2) is 6.37. The van der Waals surface area contributed by atoms with Gasteiger partial charge in [0.05, 0.1) is 10.9 Å². The van der Waals surface area contributed by atoms with Crippen LogP contribution in [0.1, 0.15) is 27.9 Å². The van der Waals surface area contributed by atoms with Gasteiger partial charge in [0.25, 0.3) is 5.91 Å². The fourth-order valence-electron chi connectivity index (χ4n) is 1.58. The highest BCUT2D eigenvalue weighted by atomic mass is 35.5. The van der Waals surface area contributed by atoms with E-state index in [1.165, 1.54) is 11.3 Å². The summed E-state index contributed by atoms with van der Waals surface area (Å²) < 4.78 is 0.712. The van der Waals surface area contributed by atoms with Gasteiger partial charge in [0, 0.05) is 16.1 Å². The molecule has 0 unspecified atom stereocenters. The van der Waals surface area contributed by atoms with Crippen molar-refractivity contribution >= 4 is 40.4 Å². The lowest BCUT2D eigenvalue weighted by molar-refractivity contribution is 0.0951. The van der Waals surface area contributed by atoms with Gasteiger partial charge in [0.2, 0.25) is 0 Å². The van der Waals surface area contributed by atoms with E-state index in [0.717, 1.165) is 17.0 Å². The first-order valence-electron chi connectivity index (χ1n) is 5.77. The molecule has 0 aromatic carbocycles. The van der Waals surface area contributed by atoms with E-state index in [-0.39, 0.29) is 5.91 Å². The van der Waals surface area contributed by atoms with E-state index >= 15 is 0 Å². The van der Waals surface area contributed by atoms with Crippen LogP contribution in [0.15, 0.2) is 24.3 Å². The van der Waals surface area contributed by atoms with E-state index < -0.39 is 0 Å². The van der Waals surface area contributed by atoms with Crippen LogP contribution in [0.2, 0.25) is 9.49 Å². The van der Waals surface area contributed by atoms with E-state index in [1.807, 2.05) is 19.1 Å². The summed E-state index contributed by atoms with van der Waals surface area (Å²) in [6.45, 7) is 2.42. The summed E-state index contributed by atoms with van der Waals surface area (Å²) in [5.41, 5.74) is 1.33. The number of amides is 1. The van der Waals surface area contributed by atoms with Crippen LogP contribution in [0.5, 0.6) is 0 Å². The number of thiophene rings is 1. The highest BCUT2D eigenvalue weighted by Crippen LogP contribution is 2.21. The topological polar surface area (TPSA) is 42.0 Å². The Morgan fingerprint density at radius 1 is 1.37 bits per heavy atom. The van der Waals surface area contributed by atoms with Crippen molar-refractivity contribution in [3.05, 3.63) is 49.9 Å². The van der Waals surface area contributed by atoms with Gasteiger partial charge in [0.1, 0.15) is 5.15 Å². The molecule has 1 amide bonds. The third-order valence-corrected chi connectivity index (χ3v) is 3.95. The van der Waals surface area contributed by atoms with Gasteiger partial charge in [-0.05, 0) is 30.7 Å². The van der Waals surface area contributed by atoms with E-state index in [1.54, 1.807) is 12.1 Å². The van der Waals surface area contributed by atoms with Crippen LogP contribution < -0.4 is 5.32 Å². The van der Waals surface area contributed by atoms with Gasteiger partial charge >= 0.3 is 0 Å². The first-order chi connectivity index (χ1) is 9.08. The summed E-state index contributed by atoms with van der Waals surface area (Å²) in [6, 6.07) is 7.02. The number of rotatable bonds is 4. The number of aromatic nitrogens is 1. The Kier molecular flexibility index (Phi) is 4.80. The Labute approximate surface area is 125 Å². The van der Waals surface area contributed by atoms with E-state index in [0.29, 0.717) is 21.6 Å². The second-order valence-corrected chi connectivity index (χ2v) is 6.10. The zero-order chi connectivity index (χ0) is 13.8. The molecule has 0 aliphatic carbocycles. The first-order valence-corrected chi connectivity index (χ1v) is 7.34. The zero-order valence-electron chi connectivity index (χ0n) is 10.2. The summed E-state index contributed by atoms with van der Waals surface area (Å²) in [6.07, 6.45) is 0.737. The molecule has 2 aromatic heterocycles. The van der Waals surface area contributed by atoms with Crippen molar-refractivity contribution in [3.8, 4) is 0 Å². The van der Waals surface area contributed by atoms with Crippen LogP contribution in [-0.2, 0) is 13.0 Å². The maximum Gasteiger partial charge on any atom is 0.251 e. The number of nitrogens with zero attached hydrogens (tertiary/aromatic N) is 1. The van der Waals surface area contributed by atoms with Gasteiger partial charge in [-0.3, -0.25) is 4.79 Å². The van der Waals surface area contributed by atoms with E-state index in [4.69, 9.17) is 23.2 Å². The number of aryl methyl sites for hydroxylation is 1. The van der Waals surface area contributed by atoms with Crippen LogP contribution in [0.25, 0.3) is 0 Å². The number of halogens is 2. The predicted molar refractivity (Wildman–Crippen MR) is 79.1 cm³/mol. The molecule has 0 aliphatic heterocycles. The molecule has 2 aromatic rings. The summed E-state index contributed by atoms with van der Waals surface area (Å²) in [5, 5.41) is 3.17. The van der Waals surface area contributed by atoms with Crippen molar-refractivity contribution in [2.24, 2.45) is 0 Å². The molecule has 0 aliphatic rings. The summed E-state index contributed by atoms with van der Waals surface area (Å²) in [4.78, 5) is 17.2. The first kappa shape index (κ1) is 14.3. The minimum absolute atomic E-state index is 0.163. The molecule has 19 heavy (non-hydrogen) atoms. The van der Waals surface area contributed by atoms with Gasteiger partial charge < -0.3 is 5.32 Å². The predicted octanol–water partition coefficient (Wildman–Crippen LogP) is 3.94. The van der Waals surface area contributed by atoms with Crippen molar-refractivity contribution in [1.29, 1.82) is 0 Å². The van der Waals surface area contributed by atoms with Crippen LogP contribution in [0, 0.1) is 0 Å². The standard InChI is InChI=1S/C13H12Cl2N2OS/c1-2-9-5-8(6-11(14)17-9)13(18)16-7-10-3-4-12(15)19-10/h3-6H,2,7H2,1H3,(H,16,18). The smallest absolute Gasteiger partial charge is 0.251 e. The molecule has 0 radical (unpaired) electrons. The van der Waals surface area contributed by atoms with E-state index in [9.17, 15) is 4.79 Å². The van der Waals surface area contributed by atoms with E-state index in [2.05, 4.69) is 10.3 Å². The van der Waals surface area contributed by atoms with Gasteiger partial charge in [-0.2, -0.15) is 0 Å². The Hall–Kier alpha value is -1.10. The largest absolute Gasteiger partial charge is 0.347 e. The van der Waals surface area contributed by atoms with Crippen molar-refractivity contribution in [1.82, 2.24) is 10.3 Å². The molecule has 2 heterocycles. The zero-order valence-corrected chi connectivity index (χ0v) is 12.6. The minimum atomic E-state index is -0.163. The lowest BCUT2D eigenvalue weighted by atomic mass is 10.2. The molecule has 100 valence electrons. The maximum absolute atomic E-state index is 12.0. The number of nitrogens with one attached hydrogen (secondary N) is 1. The van der Waals surface area contributed by atoms with Crippen molar-refractivity contribution in [2.45, 2.75) is 19.9 Å². The molecule has 1 N–H and O–H groups in total. The summed E-state index contributed by atoms with van der Waals surface area (Å²) >= 11 is 13.2. The van der Waals surface area contributed by atoms with Gasteiger partial charge in [-0.1, -0.05) is 30.1 Å². The lowest BCUT2D eigenvalue weighted by Crippen LogP contribution is -2.22. The molecule has 6 heteroatoms. The molecule has 3 nitrogen and oxygen atoms in total. The Bertz CT molecular complexity index is 598. The molecule has 0 spiro atoms. The SMILES string of the molecule is CCc1cc(C(=O)NCc2ccc(Cl)s2)cc(Cl)n1. The van der Waals surface area contributed by atoms with Crippen molar-refractivity contribution < 1.29 is 4.79 Å². The molecular weight excluding hydrogens is 303 g/mol. The number of pyridine rings is 1. The highest BCUT2D eigenvalue weighted by Gasteiger charge is 2.09. The third kappa shape index (κ3) is 3.93. The number of hydrogen-bond acceptors (Lipinski definition) is 3. The normalized spacial score (nSPS) is 10.5. The van der Waals surface area contributed by atoms with Crippen molar-refractivity contribution in [2.75, 3.05) is 0 Å². The maximum atomic E-state index is 12.0. The van der Waals surface area contributed by atoms with Crippen LogP contribution in [0.4, 0.5) is 0 Å².